The summed E-state index contributed by atoms with van der Waals surface area (Å²) in [5.41, 5.74) is 1.54. The van der Waals surface area contributed by atoms with Crippen molar-refractivity contribution in [1.82, 2.24) is 4.90 Å². The topological polar surface area (TPSA) is 35.9 Å². The zero-order valence-electron chi connectivity index (χ0n) is 21.3. The summed E-state index contributed by atoms with van der Waals surface area (Å²) in [6, 6.07) is 25.8. The Labute approximate surface area is 221 Å². The van der Waals surface area contributed by atoms with Crippen LogP contribution in [0.15, 0.2) is 78.9 Å². The second-order valence-corrected chi connectivity index (χ2v) is 9.60. The van der Waals surface area contributed by atoms with Crippen LogP contribution < -0.4 is 9.64 Å². The maximum atomic E-state index is 9.77. The maximum absolute atomic E-state index is 9.77. The lowest BCUT2D eigenvalue weighted by Crippen LogP contribution is -2.46. The van der Waals surface area contributed by atoms with Gasteiger partial charge in [-0.2, -0.15) is 0 Å². The van der Waals surface area contributed by atoms with E-state index in [0.717, 1.165) is 43.4 Å². The minimum absolute atomic E-state index is 0.237. The highest BCUT2D eigenvalue weighted by Gasteiger charge is 2.20. The molecule has 1 fully saturated rings. The van der Waals surface area contributed by atoms with Crippen molar-refractivity contribution in [1.29, 1.82) is 0 Å². The molecule has 0 aromatic heterocycles. The van der Waals surface area contributed by atoms with E-state index in [2.05, 4.69) is 40.1 Å². The first-order valence-corrected chi connectivity index (χ1v) is 12.9. The average Bonchev–Trinajstić information content (AvgIpc) is 2.86. The van der Waals surface area contributed by atoms with Crippen LogP contribution in [0.3, 0.4) is 0 Å². The first-order chi connectivity index (χ1) is 16.8. The number of hydrogen-bond donors (Lipinski definition) is 1. The van der Waals surface area contributed by atoms with E-state index in [-0.39, 0.29) is 6.61 Å². The summed E-state index contributed by atoms with van der Waals surface area (Å²) in [7, 11) is 0. The lowest BCUT2D eigenvalue weighted by Gasteiger charge is -2.36. The van der Waals surface area contributed by atoms with E-state index in [1.54, 1.807) is 13.8 Å². The Kier molecular flexibility index (Phi) is 12.4. The molecule has 0 radical (unpaired) electrons. The van der Waals surface area contributed by atoms with Gasteiger partial charge in [0.05, 0.1) is 16.3 Å². The lowest BCUT2D eigenvalue weighted by atomic mass is 10.1. The van der Waals surface area contributed by atoms with E-state index in [9.17, 15) is 5.11 Å². The summed E-state index contributed by atoms with van der Waals surface area (Å²) in [5, 5.41) is 11.2. The number of benzene rings is 3. The van der Waals surface area contributed by atoms with Crippen molar-refractivity contribution in [2.24, 2.45) is 0 Å². The predicted octanol–water partition coefficient (Wildman–Crippen LogP) is 7.18. The van der Waals surface area contributed by atoms with Gasteiger partial charge in [-0.1, -0.05) is 85.6 Å². The number of nitrogens with zero attached hydrogens (tertiary/aromatic N) is 2. The van der Waals surface area contributed by atoms with Crippen molar-refractivity contribution >= 4 is 28.9 Å². The van der Waals surface area contributed by atoms with Crippen molar-refractivity contribution in [3.05, 3.63) is 94.5 Å². The Balaban J connectivity index is 0.000000407. The molecule has 0 spiro atoms. The number of ether oxygens (including phenoxy) is 1. The van der Waals surface area contributed by atoms with E-state index in [0.29, 0.717) is 10.8 Å². The Morgan fingerprint density at radius 2 is 1.40 bits per heavy atom. The predicted molar refractivity (Wildman–Crippen MR) is 150 cm³/mol. The maximum Gasteiger partial charge on any atom is 0.121 e. The summed E-state index contributed by atoms with van der Waals surface area (Å²) in [5.74, 6) is 0.684. The van der Waals surface area contributed by atoms with Crippen molar-refractivity contribution < 1.29 is 9.84 Å². The third kappa shape index (κ3) is 10.9. The molecule has 3 aromatic rings. The van der Waals surface area contributed by atoms with Crippen LogP contribution in [0.25, 0.3) is 0 Å². The van der Waals surface area contributed by atoms with Gasteiger partial charge in [0.25, 0.3) is 0 Å². The zero-order valence-corrected chi connectivity index (χ0v) is 22.8. The molecule has 0 amide bonds. The molecule has 1 aliphatic heterocycles. The van der Waals surface area contributed by atoms with Crippen LogP contribution in [0.1, 0.15) is 33.3 Å². The van der Waals surface area contributed by atoms with Gasteiger partial charge in [-0.25, -0.2) is 0 Å². The smallest absolute Gasteiger partial charge is 0.121 e. The molecule has 1 aliphatic rings. The van der Waals surface area contributed by atoms with Crippen LogP contribution in [-0.4, -0.2) is 48.4 Å². The highest BCUT2D eigenvalue weighted by atomic mass is 35.5. The van der Waals surface area contributed by atoms with Crippen molar-refractivity contribution in [3.63, 3.8) is 0 Å². The van der Waals surface area contributed by atoms with Gasteiger partial charge in [-0.3, -0.25) is 4.90 Å². The molecule has 4 rings (SSSR count). The number of halogens is 2. The quantitative estimate of drug-likeness (QED) is 0.376. The molecule has 1 N–H and O–H groups in total. The number of piperazine rings is 1. The summed E-state index contributed by atoms with van der Waals surface area (Å²) in [4.78, 5) is 4.80. The molecule has 0 saturated carbocycles. The fourth-order valence-corrected chi connectivity index (χ4v) is 3.93. The van der Waals surface area contributed by atoms with Crippen LogP contribution in [0, 0.1) is 0 Å². The molecule has 6 heteroatoms. The Morgan fingerprint density at radius 3 is 1.89 bits per heavy atom. The summed E-state index contributed by atoms with van der Waals surface area (Å²) >= 11 is 12.0. The third-order valence-electron chi connectivity index (χ3n) is 5.21. The second-order valence-electron chi connectivity index (χ2n) is 8.76. The highest BCUT2D eigenvalue weighted by Crippen LogP contribution is 2.31. The number of hydrogen-bond acceptors (Lipinski definition) is 4. The largest absolute Gasteiger partial charge is 0.491 e. The zero-order chi connectivity index (χ0) is 25.7. The van der Waals surface area contributed by atoms with E-state index < -0.39 is 5.60 Å². The minimum Gasteiger partial charge on any atom is -0.491 e. The van der Waals surface area contributed by atoms with Crippen LogP contribution in [0.5, 0.6) is 5.75 Å². The minimum atomic E-state index is -0.861. The van der Waals surface area contributed by atoms with Gasteiger partial charge in [-0.05, 0) is 43.7 Å². The van der Waals surface area contributed by atoms with E-state index >= 15 is 0 Å². The highest BCUT2D eigenvalue weighted by molar-refractivity contribution is 6.33. The number of anilines is 1. The molecule has 1 saturated heterocycles. The standard InChI is InChI=1S/C21H27ClN2O2.C6H5Cl.C2H6/c1-21(2,25)16-26-18-8-9-20(19(22)14-18)24-12-10-23(11-13-24)15-17-6-4-3-5-7-17;7-6-4-2-1-3-5-6;1-2/h3-9,14,25H,10-13,15-16H2,1-2H3;1-5H;1-2H3. The van der Waals surface area contributed by atoms with Crippen molar-refractivity contribution in [2.45, 2.75) is 39.8 Å². The monoisotopic (exact) mass is 516 g/mol. The summed E-state index contributed by atoms with van der Waals surface area (Å²) < 4.78 is 5.62. The molecule has 0 aliphatic carbocycles. The van der Waals surface area contributed by atoms with Crippen LogP contribution in [-0.2, 0) is 6.54 Å². The van der Waals surface area contributed by atoms with Gasteiger partial charge in [-0.15, -0.1) is 0 Å². The summed E-state index contributed by atoms with van der Waals surface area (Å²) in [6.07, 6.45) is 0. The fourth-order valence-electron chi connectivity index (χ4n) is 3.50. The van der Waals surface area contributed by atoms with Gasteiger partial charge < -0.3 is 14.7 Å². The van der Waals surface area contributed by atoms with E-state index in [1.165, 1.54) is 5.56 Å². The van der Waals surface area contributed by atoms with Gasteiger partial charge >= 0.3 is 0 Å². The first kappa shape index (κ1) is 29.0. The molecule has 4 nitrogen and oxygen atoms in total. The lowest BCUT2D eigenvalue weighted by molar-refractivity contribution is 0.0285. The fraction of sp³-hybridized carbons (Fsp3) is 0.379. The Hall–Kier alpha value is -2.24. The van der Waals surface area contributed by atoms with Crippen molar-refractivity contribution in [3.8, 4) is 5.75 Å². The van der Waals surface area contributed by atoms with E-state index in [1.807, 2.05) is 62.4 Å². The van der Waals surface area contributed by atoms with Crippen LogP contribution >= 0.6 is 23.2 Å². The van der Waals surface area contributed by atoms with Crippen LogP contribution in [0.2, 0.25) is 10.0 Å². The molecule has 190 valence electrons. The van der Waals surface area contributed by atoms with Gasteiger partial charge in [0, 0.05) is 43.8 Å². The second kappa shape index (κ2) is 15.0. The summed E-state index contributed by atoms with van der Waals surface area (Å²) in [6.45, 7) is 12.6. The molecule has 1 heterocycles. The molecular formula is C29H38Cl2N2O2. The molecule has 0 atom stereocenters. The van der Waals surface area contributed by atoms with Gasteiger partial charge in [0.1, 0.15) is 12.4 Å². The van der Waals surface area contributed by atoms with Crippen molar-refractivity contribution in [2.75, 3.05) is 37.7 Å². The number of rotatable bonds is 6. The SMILES string of the molecule is CC.CC(C)(O)COc1ccc(N2CCN(Cc3ccccc3)CC2)c(Cl)c1.Clc1ccccc1. The Bertz CT molecular complexity index is 971. The molecular weight excluding hydrogens is 479 g/mol. The normalized spacial score (nSPS) is 13.7. The number of aliphatic hydroxyl groups is 1. The van der Waals surface area contributed by atoms with Crippen LogP contribution in [0.4, 0.5) is 5.69 Å². The molecule has 35 heavy (non-hydrogen) atoms. The molecule has 0 bridgehead atoms. The molecule has 3 aromatic carbocycles. The third-order valence-corrected chi connectivity index (χ3v) is 5.76. The average molecular weight is 518 g/mol. The van der Waals surface area contributed by atoms with E-state index in [4.69, 9.17) is 27.9 Å². The molecule has 0 unspecified atom stereocenters. The van der Waals surface area contributed by atoms with Gasteiger partial charge in [0.15, 0.2) is 0 Å². The Morgan fingerprint density at radius 1 is 0.829 bits per heavy atom. The first-order valence-electron chi connectivity index (χ1n) is 12.2. The van der Waals surface area contributed by atoms with Gasteiger partial charge in [0.2, 0.25) is 0 Å².